The lowest BCUT2D eigenvalue weighted by Crippen LogP contribution is -2.31. The zero-order chi connectivity index (χ0) is 24.9. The van der Waals surface area contributed by atoms with Gasteiger partial charge in [0, 0.05) is 17.1 Å². The summed E-state index contributed by atoms with van der Waals surface area (Å²) in [5.74, 6) is -1.42. The van der Waals surface area contributed by atoms with Crippen molar-refractivity contribution in [1.82, 2.24) is 0 Å². The Morgan fingerprint density at radius 1 is 0.853 bits per heavy atom. The molecule has 12 heteroatoms. The number of sulfonamides is 1. The number of anilines is 3. The third-order valence-corrected chi connectivity index (χ3v) is 5.79. The molecule has 34 heavy (non-hydrogen) atoms. The van der Waals surface area contributed by atoms with E-state index in [4.69, 9.17) is 0 Å². The maximum Gasteiger partial charge on any atom is 0.573 e. The lowest BCUT2D eigenvalue weighted by atomic mass is 10.2. The normalized spacial score (nSPS) is 12.5. The van der Waals surface area contributed by atoms with E-state index < -0.39 is 39.9 Å². The van der Waals surface area contributed by atoms with Gasteiger partial charge in [-0.05, 0) is 79.7 Å². The number of hydrogen-bond acceptors (Lipinski definition) is 5. The summed E-state index contributed by atoms with van der Waals surface area (Å²) in [6.45, 7) is 1.57. The van der Waals surface area contributed by atoms with Crippen molar-refractivity contribution in [1.29, 1.82) is 0 Å². The number of carbonyl (C=O) groups is 1. The quantitative estimate of drug-likeness (QED) is 0.382. The van der Waals surface area contributed by atoms with Crippen molar-refractivity contribution in [2.24, 2.45) is 0 Å². The number of nitrogens with one attached hydrogen (secondary N) is 3. The maximum atomic E-state index is 13.0. The van der Waals surface area contributed by atoms with Crippen LogP contribution < -0.4 is 20.1 Å². The van der Waals surface area contributed by atoms with Crippen LogP contribution in [0, 0.1) is 5.82 Å². The lowest BCUT2D eigenvalue weighted by molar-refractivity contribution is -0.274. The zero-order valence-electron chi connectivity index (χ0n) is 17.6. The number of carbonyl (C=O) groups excluding carboxylic acids is 1. The van der Waals surface area contributed by atoms with E-state index in [1.54, 1.807) is 19.1 Å². The Balaban J connectivity index is 1.56. The fourth-order valence-electron chi connectivity index (χ4n) is 2.77. The van der Waals surface area contributed by atoms with Crippen LogP contribution in [0.1, 0.15) is 6.92 Å². The summed E-state index contributed by atoms with van der Waals surface area (Å²) in [6.07, 6.45) is -4.81. The van der Waals surface area contributed by atoms with E-state index in [2.05, 4.69) is 20.1 Å². The van der Waals surface area contributed by atoms with Crippen LogP contribution in [0.4, 0.5) is 34.6 Å². The van der Waals surface area contributed by atoms with E-state index in [1.165, 1.54) is 24.3 Å². The van der Waals surface area contributed by atoms with Crippen molar-refractivity contribution in [2.75, 3.05) is 15.4 Å². The van der Waals surface area contributed by atoms with Crippen LogP contribution in [0.5, 0.6) is 5.75 Å². The van der Waals surface area contributed by atoms with Gasteiger partial charge >= 0.3 is 6.36 Å². The molecule has 0 bridgehead atoms. The molecule has 0 aliphatic rings. The van der Waals surface area contributed by atoms with Gasteiger partial charge in [0.15, 0.2) is 0 Å². The molecular weight excluding hydrogens is 478 g/mol. The standard InChI is InChI=1S/C22H19F4N3O4S/c1-14(21(30)28-17-8-10-19(11-9-17)33-22(24,25)26)27-16-4-6-18(7-5-16)29-34(31,32)20-12-2-15(23)3-13-20/h2-14,27,29H,1H3,(H,28,30)/t14-/m1/s1. The summed E-state index contributed by atoms with van der Waals surface area (Å²) in [7, 11) is -3.90. The molecule has 1 atom stereocenters. The fourth-order valence-corrected chi connectivity index (χ4v) is 3.83. The molecule has 180 valence electrons. The molecule has 3 rings (SSSR count). The average molecular weight is 497 g/mol. The molecule has 0 heterocycles. The molecular formula is C22H19F4N3O4S. The van der Waals surface area contributed by atoms with E-state index in [0.29, 0.717) is 5.69 Å². The van der Waals surface area contributed by atoms with Crippen LogP contribution >= 0.6 is 0 Å². The molecule has 0 aromatic heterocycles. The van der Waals surface area contributed by atoms with E-state index in [0.717, 1.165) is 36.4 Å². The topological polar surface area (TPSA) is 96.5 Å². The molecule has 0 aliphatic heterocycles. The first-order chi connectivity index (χ1) is 15.9. The third kappa shape index (κ3) is 7.10. The molecule has 0 saturated heterocycles. The smallest absolute Gasteiger partial charge is 0.406 e. The predicted molar refractivity (Wildman–Crippen MR) is 118 cm³/mol. The second-order valence-electron chi connectivity index (χ2n) is 7.06. The van der Waals surface area contributed by atoms with Gasteiger partial charge in [0.25, 0.3) is 10.0 Å². The highest BCUT2D eigenvalue weighted by Gasteiger charge is 2.31. The van der Waals surface area contributed by atoms with Crippen LogP contribution in [0.3, 0.4) is 0 Å². The highest BCUT2D eigenvalue weighted by Crippen LogP contribution is 2.24. The highest BCUT2D eigenvalue weighted by atomic mass is 32.2. The fraction of sp³-hybridized carbons (Fsp3) is 0.136. The molecule has 0 radical (unpaired) electrons. The Morgan fingerprint density at radius 2 is 1.38 bits per heavy atom. The Labute approximate surface area is 192 Å². The number of ether oxygens (including phenoxy) is 1. The SMILES string of the molecule is C[C@@H](Nc1ccc(NS(=O)(=O)c2ccc(F)cc2)cc1)C(=O)Nc1ccc(OC(F)(F)F)cc1. The van der Waals surface area contributed by atoms with Gasteiger partial charge in [0.05, 0.1) is 4.90 Å². The Bertz CT molecular complexity index is 1230. The molecule has 0 saturated carbocycles. The number of alkyl halides is 3. The van der Waals surface area contributed by atoms with E-state index in [-0.39, 0.29) is 16.3 Å². The summed E-state index contributed by atoms with van der Waals surface area (Å²) >= 11 is 0. The first-order valence-electron chi connectivity index (χ1n) is 9.73. The van der Waals surface area contributed by atoms with Gasteiger partial charge in [-0.3, -0.25) is 9.52 Å². The number of benzene rings is 3. The monoisotopic (exact) mass is 497 g/mol. The van der Waals surface area contributed by atoms with Crippen molar-refractivity contribution < 1.29 is 35.5 Å². The van der Waals surface area contributed by atoms with Crippen molar-refractivity contribution in [3.8, 4) is 5.75 Å². The molecule has 0 unspecified atom stereocenters. The summed E-state index contributed by atoms with van der Waals surface area (Å²) in [4.78, 5) is 12.3. The molecule has 7 nitrogen and oxygen atoms in total. The van der Waals surface area contributed by atoms with Gasteiger partial charge in [-0.15, -0.1) is 13.2 Å². The van der Waals surface area contributed by atoms with Crippen molar-refractivity contribution >= 4 is 33.0 Å². The van der Waals surface area contributed by atoms with E-state index in [9.17, 15) is 30.8 Å². The minimum Gasteiger partial charge on any atom is -0.406 e. The largest absolute Gasteiger partial charge is 0.573 e. The summed E-state index contributed by atoms with van der Waals surface area (Å²) < 4.78 is 80.5. The van der Waals surface area contributed by atoms with E-state index in [1.807, 2.05) is 0 Å². The first kappa shape index (κ1) is 24.8. The van der Waals surface area contributed by atoms with Gasteiger partial charge in [0.1, 0.15) is 17.6 Å². The van der Waals surface area contributed by atoms with Crippen LogP contribution in [-0.2, 0) is 14.8 Å². The minimum absolute atomic E-state index is 0.0978. The molecule has 3 N–H and O–H groups in total. The van der Waals surface area contributed by atoms with Gasteiger partial charge in [-0.1, -0.05) is 0 Å². The molecule has 0 aliphatic carbocycles. The van der Waals surface area contributed by atoms with Crippen molar-refractivity contribution in [2.45, 2.75) is 24.2 Å². The molecule has 3 aromatic carbocycles. The van der Waals surface area contributed by atoms with Crippen LogP contribution in [0.2, 0.25) is 0 Å². The first-order valence-corrected chi connectivity index (χ1v) is 11.2. The average Bonchev–Trinajstić information content (AvgIpc) is 2.75. The lowest BCUT2D eigenvalue weighted by Gasteiger charge is -2.16. The number of rotatable bonds is 8. The molecule has 0 fully saturated rings. The molecule has 0 spiro atoms. The summed E-state index contributed by atoms with van der Waals surface area (Å²) in [5.41, 5.74) is 1.05. The van der Waals surface area contributed by atoms with Gasteiger partial charge < -0.3 is 15.4 Å². The van der Waals surface area contributed by atoms with Crippen molar-refractivity contribution in [3.05, 3.63) is 78.6 Å². The predicted octanol–water partition coefficient (Wildman–Crippen LogP) is 4.96. The molecule has 3 aromatic rings. The Kier molecular flexibility index (Phi) is 7.30. The van der Waals surface area contributed by atoms with Crippen LogP contribution in [0.25, 0.3) is 0 Å². The van der Waals surface area contributed by atoms with Gasteiger partial charge in [0.2, 0.25) is 5.91 Å². The molecule has 1 amide bonds. The second kappa shape index (κ2) is 10.00. The van der Waals surface area contributed by atoms with Crippen LogP contribution in [0.15, 0.2) is 77.7 Å². The Hall–Kier alpha value is -3.80. The summed E-state index contributed by atoms with van der Waals surface area (Å²) in [6, 6.07) is 14.4. The van der Waals surface area contributed by atoms with Crippen molar-refractivity contribution in [3.63, 3.8) is 0 Å². The Morgan fingerprint density at radius 3 is 1.94 bits per heavy atom. The van der Waals surface area contributed by atoms with E-state index >= 15 is 0 Å². The number of hydrogen-bond donors (Lipinski definition) is 3. The van der Waals surface area contributed by atoms with Crippen LogP contribution in [-0.4, -0.2) is 26.7 Å². The third-order valence-electron chi connectivity index (χ3n) is 4.39. The number of amides is 1. The zero-order valence-corrected chi connectivity index (χ0v) is 18.4. The number of halogens is 4. The van der Waals surface area contributed by atoms with Gasteiger partial charge in [-0.25, -0.2) is 12.8 Å². The maximum absolute atomic E-state index is 13.0. The second-order valence-corrected chi connectivity index (χ2v) is 8.75. The minimum atomic E-state index is -4.81. The van der Waals surface area contributed by atoms with Gasteiger partial charge in [-0.2, -0.15) is 0 Å². The summed E-state index contributed by atoms with van der Waals surface area (Å²) in [5, 5.41) is 5.49. The highest BCUT2D eigenvalue weighted by molar-refractivity contribution is 7.92.